The number of aryl methyl sites for hydroxylation is 1. The van der Waals surface area contributed by atoms with Crippen LogP contribution in [0.2, 0.25) is 0 Å². The number of hydrogen-bond acceptors (Lipinski definition) is 3. The molecule has 0 bridgehead atoms. The number of nitrogens with zero attached hydrogens (tertiary/aromatic N) is 2. The molecule has 2 heterocycles. The summed E-state index contributed by atoms with van der Waals surface area (Å²) >= 11 is 0. The fourth-order valence-electron chi connectivity index (χ4n) is 1.75. The van der Waals surface area contributed by atoms with Gasteiger partial charge in [-0.15, -0.1) is 0 Å². The number of furan rings is 1. The first-order chi connectivity index (χ1) is 8.20. The van der Waals surface area contributed by atoms with Crippen molar-refractivity contribution >= 4 is 0 Å². The summed E-state index contributed by atoms with van der Waals surface area (Å²) in [5.74, 6) is 0.918. The Kier molecular flexibility index (Phi) is 3.31. The molecule has 88 valence electrons. The third-order valence-electron chi connectivity index (χ3n) is 2.76. The molecule has 0 saturated carbocycles. The lowest BCUT2D eigenvalue weighted by Gasteiger charge is -2.09. The van der Waals surface area contributed by atoms with Crippen LogP contribution in [0, 0.1) is 11.3 Å². The van der Waals surface area contributed by atoms with Crippen LogP contribution in [0.1, 0.15) is 30.0 Å². The highest BCUT2D eigenvalue weighted by Crippen LogP contribution is 2.13. The lowest BCUT2D eigenvalue weighted by atomic mass is 10.2. The smallest absolute Gasteiger partial charge is 0.120 e. The van der Waals surface area contributed by atoms with Gasteiger partial charge in [0.1, 0.15) is 17.5 Å². The molecule has 2 aromatic rings. The Morgan fingerprint density at radius 1 is 1.59 bits per heavy atom. The van der Waals surface area contributed by atoms with Crippen molar-refractivity contribution in [3.63, 3.8) is 0 Å². The molecule has 4 heteroatoms. The van der Waals surface area contributed by atoms with Crippen molar-refractivity contribution in [2.24, 2.45) is 7.05 Å². The van der Waals surface area contributed by atoms with E-state index in [1.54, 1.807) is 6.26 Å². The van der Waals surface area contributed by atoms with E-state index in [2.05, 4.69) is 11.4 Å². The van der Waals surface area contributed by atoms with Gasteiger partial charge in [0.25, 0.3) is 0 Å². The second-order valence-corrected chi connectivity index (χ2v) is 4.07. The topological polar surface area (TPSA) is 53.9 Å². The van der Waals surface area contributed by atoms with Crippen LogP contribution in [-0.2, 0) is 13.6 Å². The predicted octanol–water partition coefficient (Wildman–Crippen LogP) is 2.34. The predicted molar refractivity (Wildman–Crippen MR) is 64.1 cm³/mol. The largest absolute Gasteiger partial charge is 0.468 e. The normalized spacial score (nSPS) is 12.3. The highest BCUT2D eigenvalue weighted by molar-refractivity contribution is 5.28. The quantitative estimate of drug-likeness (QED) is 0.875. The first-order valence-corrected chi connectivity index (χ1v) is 5.53. The van der Waals surface area contributed by atoms with Gasteiger partial charge in [-0.2, -0.15) is 5.26 Å². The lowest BCUT2D eigenvalue weighted by Crippen LogP contribution is -2.17. The summed E-state index contributed by atoms with van der Waals surface area (Å²) < 4.78 is 7.14. The molecule has 0 radical (unpaired) electrons. The standard InChI is InChI=1S/C13H15N3O/c1-10(13-4-3-5-17-13)15-8-11-6-12(7-14)16(2)9-11/h3-6,9-10,15H,8H2,1-2H3. The van der Waals surface area contributed by atoms with Crippen molar-refractivity contribution in [2.75, 3.05) is 0 Å². The highest BCUT2D eigenvalue weighted by atomic mass is 16.3. The molecular formula is C13H15N3O. The SMILES string of the molecule is CC(NCc1cc(C#N)n(C)c1)c1ccco1. The van der Waals surface area contributed by atoms with Crippen molar-refractivity contribution < 1.29 is 4.42 Å². The molecule has 0 amide bonds. The van der Waals surface area contributed by atoms with Gasteiger partial charge in [-0.1, -0.05) is 0 Å². The summed E-state index contributed by atoms with van der Waals surface area (Å²) in [6.45, 7) is 2.77. The zero-order chi connectivity index (χ0) is 12.3. The van der Waals surface area contributed by atoms with E-state index in [1.165, 1.54) is 0 Å². The molecule has 0 aliphatic rings. The molecular weight excluding hydrogens is 214 g/mol. The Balaban J connectivity index is 1.96. The van der Waals surface area contributed by atoms with Crippen LogP contribution >= 0.6 is 0 Å². The van der Waals surface area contributed by atoms with Gasteiger partial charge in [-0.05, 0) is 30.7 Å². The maximum absolute atomic E-state index is 8.85. The van der Waals surface area contributed by atoms with Gasteiger partial charge in [-0.3, -0.25) is 0 Å². The molecule has 0 aliphatic heterocycles. The van der Waals surface area contributed by atoms with E-state index < -0.39 is 0 Å². The molecule has 0 fully saturated rings. The molecule has 2 rings (SSSR count). The molecule has 17 heavy (non-hydrogen) atoms. The van der Waals surface area contributed by atoms with Crippen molar-refractivity contribution in [3.05, 3.63) is 47.7 Å². The van der Waals surface area contributed by atoms with E-state index >= 15 is 0 Å². The van der Waals surface area contributed by atoms with Crippen LogP contribution in [0.25, 0.3) is 0 Å². The van der Waals surface area contributed by atoms with Gasteiger partial charge < -0.3 is 14.3 Å². The summed E-state index contributed by atoms with van der Waals surface area (Å²) in [5, 5.41) is 12.2. The zero-order valence-electron chi connectivity index (χ0n) is 9.97. The van der Waals surface area contributed by atoms with E-state index in [9.17, 15) is 0 Å². The van der Waals surface area contributed by atoms with Crippen molar-refractivity contribution in [1.82, 2.24) is 9.88 Å². The number of nitriles is 1. The molecule has 2 aromatic heterocycles. The zero-order valence-corrected chi connectivity index (χ0v) is 9.97. The fraction of sp³-hybridized carbons (Fsp3) is 0.308. The minimum Gasteiger partial charge on any atom is -0.468 e. The van der Waals surface area contributed by atoms with E-state index in [4.69, 9.17) is 9.68 Å². The maximum Gasteiger partial charge on any atom is 0.120 e. The lowest BCUT2D eigenvalue weighted by molar-refractivity contribution is 0.430. The number of aromatic nitrogens is 1. The molecule has 1 unspecified atom stereocenters. The number of hydrogen-bond donors (Lipinski definition) is 1. The van der Waals surface area contributed by atoms with Crippen LogP contribution in [0.5, 0.6) is 0 Å². The van der Waals surface area contributed by atoms with E-state index in [0.717, 1.165) is 17.9 Å². The van der Waals surface area contributed by atoms with Crippen LogP contribution in [-0.4, -0.2) is 4.57 Å². The van der Waals surface area contributed by atoms with E-state index in [-0.39, 0.29) is 6.04 Å². The monoisotopic (exact) mass is 229 g/mol. The van der Waals surface area contributed by atoms with Gasteiger partial charge in [-0.25, -0.2) is 0 Å². The minimum atomic E-state index is 0.163. The highest BCUT2D eigenvalue weighted by Gasteiger charge is 2.08. The first kappa shape index (κ1) is 11.5. The molecule has 4 nitrogen and oxygen atoms in total. The Morgan fingerprint density at radius 3 is 3.00 bits per heavy atom. The second-order valence-electron chi connectivity index (χ2n) is 4.07. The molecule has 0 aliphatic carbocycles. The van der Waals surface area contributed by atoms with Crippen LogP contribution in [0.4, 0.5) is 0 Å². The summed E-state index contributed by atoms with van der Waals surface area (Å²) in [5.41, 5.74) is 1.77. The van der Waals surface area contributed by atoms with Gasteiger partial charge in [0.15, 0.2) is 0 Å². The summed E-state index contributed by atoms with van der Waals surface area (Å²) in [4.78, 5) is 0. The summed E-state index contributed by atoms with van der Waals surface area (Å²) in [7, 11) is 1.87. The first-order valence-electron chi connectivity index (χ1n) is 5.53. The molecule has 1 atom stereocenters. The fourth-order valence-corrected chi connectivity index (χ4v) is 1.75. The summed E-state index contributed by atoms with van der Waals surface area (Å²) in [6.07, 6.45) is 3.63. The molecule has 0 aromatic carbocycles. The van der Waals surface area contributed by atoms with E-state index in [0.29, 0.717) is 5.69 Å². The van der Waals surface area contributed by atoms with Crippen LogP contribution in [0.3, 0.4) is 0 Å². The minimum absolute atomic E-state index is 0.163. The average Bonchev–Trinajstić information content (AvgIpc) is 2.95. The van der Waals surface area contributed by atoms with E-state index in [1.807, 2.05) is 42.9 Å². The number of nitrogens with one attached hydrogen (secondary N) is 1. The molecule has 0 spiro atoms. The van der Waals surface area contributed by atoms with Crippen molar-refractivity contribution in [3.8, 4) is 6.07 Å². The van der Waals surface area contributed by atoms with Crippen LogP contribution in [0.15, 0.2) is 35.1 Å². The Labute approximate surface area is 100 Å². The van der Waals surface area contributed by atoms with Gasteiger partial charge in [0, 0.05) is 19.8 Å². The Hall–Kier alpha value is -1.99. The second kappa shape index (κ2) is 4.89. The van der Waals surface area contributed by atoms with Gasteiger partial charge in [0.2, 0.25) is 0 Å². The average molecular weight is 229 g/mol. The molecule has 1 N–H and O–H groups in total. The van der Waals surface area contributed by atoms with Gasteiger partial charge >= 0.3 is 0 Å². The third-order valence-corrected chi connectivity index (χ3v) is 2.76. The number of rotatable bonds is 4. The Morgan fingerprint density at radius 2 is 2.41 bits per heavy atom. The molecule has 0 saturated heterocycles. The van der Waals surface area contributed by atoms with Gasteiger partial charge in [0.05, 0.1) is 12.3 Å². The maximum atomic E-state index is 8.85. The third kappa shape index (κ3) is 2.58. The Bertz CT molecular complexity index is 519. The van der Waals surface area contributed by atoms with Crippen LogP contribution < -0.4 is 5.32 Å². The van der Waals surface area contributed by atoms with Crippen molar-refractivity contribution in [1.29, 1.82) is 5.26 Å². The van der Waals surface area contributed by atoms with Crippen molar-refractivity contribution in [2.45, 2.75) is 19.5 Å². The summed E-state index contributed by atoms with van der Waals surface area (Å²) in [6, 6.07) is 8.03.